The van der Waals surface area contributed by atoms with E-state index in [-0.39, 0.29) is 0 Å². The van der Waals surface area contributed by atoms with Crippen LogP contribution in [0.3, 0.4) is 0 Å². The standard InChI is InChI=1S/C7H10N2OS/c1-2-6-4-11-7(9-6)3-8-5-10/h4-5H,2-3H2,1H3,(H,8,10). The van der Waals surface area contributed by atoms with Gasteiger partial charge in [0.25, 0.3) is 0 Å². The molecule has 0 aromatic carbocycles. The normalized spacial score (nSPS) is 9.55. The number of carbonyl (C=O) groups excluding carboxylic acids is 1. The molecule has 1 rings (SSSR count). The van der Waals surface area contributed by atoms with E-state index in [0.29, 0.717) is 13.0 Å². The zero-order valence-corrected chi connectivity index (χ0v) is 7.15. The number of amides is 1. The first-order valence-electron chi connectivity index (χ1n) is 3.47. The molecular formula is C7H10N2OS. The molecule has 3 nitrogen and oxygen atoms in total. The molecule has 0 bridgehead atoms. The summed E-state index contributed by atoms with van der Waals surface area (Å²) in [5.41, 5.74) is 1.10. The number of aryl methyl sites for hydroxylation is 1. The van der Waals surface area contributed by atoms with Crippen LogP contribution in [0.4, 0.5) is 0 Å². The Hall–Kier alpha value is -0.900. The molecule has 0 aliphatic heterocycles. The second-order valence-corrected chi connectivity index (χ2v) is 3.03. The number of hydrogen-bond acceptors (Lipinski definition) is 3. The maximum Gasteiger partial charge on any atom is 0.207 e. The lowest BCUT2D eigenvalue weighted by atomic mass is 10.4. The summed E-state index contributed by atoms with van der Waals surface area (Å²) in [6.45, 7) is 2.61. The maximum atomic E-state index is 9.92. The Kier molecular flexibility index (Phi) is 3.04. The van der Waals surface area contributed by atoms with Crippen LogP contribution in [0.5, 0.6) is 0 Å². The van der Waals surface area contributed by atoms with E-state index in [0.717, 1.165) is 17.1 Å². The lowest BCUT2D eigenvalue weighted by molar-refractivity contribution is -0.109. The second kappa shape index (κ2) is 4.08. The van der Waals surface area contributed by atoms with Gasteiger partial charge in [0.15, 0.2) is 0 Å². The zero-order chi connectivity index (χ0) is 8.10. The average molecular weight is 170 g/mol. The van der Waals surface area contributed by atoms with Crippen LogP contribution in [0.2, 0.25) is 0 Å². The molecule has 0 saturated carbocycles. The first kappa shape index (κ1) is 8.20. The van der Waals surface area contributed by atoms with E-state index >= 15 is 0 Å². The molecule has 1 amide bonds. The van der Waals surface area contributed by atoms with E-state index in [1.54, 1.807) is 11.3 Å². The smallest absolute Gasteiger partial charge is 0.207 e. The number of hydrogen-bond donors (Lipinski definition) is 1. The molecular weight excluding hydrogens is 160 g/mol. The number of nitrogens with one attached hydrogen (secondary N) is 1. The highest BCUT2D eigenvalue weighted by molar-refractivity contribution is 7.09. The van der Waals surface area contributed by atoms with Gasteiger partial charge in [-0.25, -0.2) is 4.98 Å². The fourth-order valence-corrected chi connectivity index (χ4v) is 1.55. The molecule has 0 aliphatic carbocycles. The molecule has 0 aliphatic rings. The van der Waals surface area contributed by atoms with Gasteiger partial charge in [0, 0.05) is 5.38 Å². The largest absolute Gasteiger partial charge is 0.352 e. The Labute approximate surface area is 69.5 Å². The number of rotatable bonds is 4. The van der Waals surface area contributed by atoms with Crippen molar-refractivity contribution in [2.75, 3.05) is 0 Å². The Morgan fingerprint density at radius 3 is 3.18 bits per heavy atom. The summed E-state index contributed by atoms with van der Waals surface area (Å²) in [5.74, 6) is 0. The molecule has 0 radical (unpaired) electrons. The predicted molar refractivity (Wildman–Crippen MR) is 44.4 cm³/mol. The van der Waals surface area contributed by atoms with Crippen LogP contribution in [0.1, 0.15) is 17.6 Å². The Morgan fingerprint density at radius 1 is 1.82 bits per heavy atom. The first-order valence-corrected chi connectivity index (χ1v) is 4.35. The quantitative estimate of drug-likeness (QED) is 0.684. The number of aromatic nitrogens is 1. The number of thiazole rings is 1. The molecule has 0 atom stereocenters. The summed E-state index contributed by atoms with van der Waals surface area (Å²) >= 11 is 1.58. The topological polar surface area (TPSA) is 42.0 Å². The van der Waals surface area contributed by atoms with Gasteiger partial charge in [-0.1, -0.05) is 6.92 Å². The van der Waals surface area contributed by atoms with Gasteiger partial charge in [-0.05, 0) is 6.42 Å². The summed E-state index contributed by atoms with van der Waals surface area (Å²) < 4.78 is 0. The Bertz CT molecular complexity index is 234. The van der Waals surface area contributed by atoms with Gasteiger partial charge in [-0.2, -0.15) is 0 Å². The van der Waals surface area contributed by atoms with E-state index in [1.165, 1.54) is 0 Å². The minimum atomic E-state index is 0.550. The van der Waals surface area contributed by atoms with Crippen LogP contribution in [-0.2, 0) is 17.8 Å². The summed E-state index contributed by atoms with van der Waals surface area (Å²) in [5, 5.41) is 5.55. The summed E-state index contributed by atoms with van der Waals surface area (Å²) in [6.07, 6.45) is 1.64. The van der Waals surface area contributed by atoms with E-state index in [2.05, 4.69) is 17.2 Å². The van der Waals surface area contributed by atoms with Crippen LogP contribution < -0.4 is 5.32 Å². The third-order valence-electron chi connectivity index (χ3n) is 1.30. The molecule has 1 aromatic heterocycles. The van der Waals surface area contributed by atoms with Crippen molar-refractivity contribution in [3.63, 3.8) is 0 Å². The summed E-state index contributed by atoms with van der Waals surface area (Å²) in [6, 6.07) is 0. The van der Waals surface area contributed by atoms with Gasteiger partial charge in [-0.15, -0.1) is 11.3 Å². The highest BCUT2D eigenvalue weighted by Crippen LogP contribution is 2.09. The number of carbonyl (C=O) groups is 1. The van der Waals surface area contributed by atoms with Crippen molar-refractivity contribution in [1.29, 1.82) is 0 Å². The predicted octanol–water partition coefficient (Wildman–Crippen LogP) is 0.952. The van der Waals surface area contributed by atoms with E-state index in [9.17, 15) is 4.79 Å². The van der Waals surface area contributed by atoms with E-state index in [1.807, 2.05) is 5.38 Å². The van der Waals surface area contributed by atoms with Crippen LogP contribution in [0, 0.1) is 0 Å². The van der Waals surface area contributed by atoms with Crippen LogP contribution in [-0.4, -0.2) is 11.4 Å². The first-order chi connectivity index (χ1) is 5.36. The fourth-order valence-electron chi connectivity index (χ4n) is 0.721. The highest BCUT2D eigenvalue weighted by Gasteiger charge is 1.97. The molecule has 0 spiro atoms. The van der Waals surface area contributed by atoms with Crippen molar-refractivity contribution in [1.82, 2.24) is 10.3 Å². The minimum absolute atomic E-state index is 0.550. The molecule has 11 heavy (non-hydrogen) atoms. The van der Waals surface area contributed by atoms with Gasteiger partial charge in [0.2, 0.25) is 6.41 Å². The molecule has 0 fully saturated rings. The molecule has 0 saturated heterocycles. The molecule has 1 aromatic rings. The monoisotopic (exact) mass is 170 g/mol. The van der Waals surface area contributed by atoms with Gasteiger partial charge < -0.3 is 5.32 Å². The molecule has 0 unspecified atom stereocenters. The van der Waals surface area contributed by atoms with Crippen molar-refractivity contribution in [2.24, 2.45) is 0 Å². The van der Waals surface area contributed by atoms with Crippen molar-refractivity contribution < 1.29 is 4.79 Å². The lowest BCUT2D eigenvalue weighted by Crippen LogP contribution is -2.09. The second-order valence-electron chi connectivity index (χ2n) is 2.08. The van der Waals surface area contributed by atoms with Gasteiger partial charge in [0.1, 0.15) is 5.01 Å². The molecule has 4 heteroatoms. The van der Waals surface area contributed by atoms with Crippen molar-refractivity contribution in [3.05, 3.63) is 16.1 Å². The third-order valence-corrected chi connectivity index (χ3v) is 2.20. The van der Waals surface area contributed by atoms with Crippen molar-refractivity contribution >= 4 is 17.7 Å². The van der Waals surface area contributed by atoms with Crippen LogP contribution in [0.25, 0.3) is 0 Å². The van der Waals surface area contributed by atoms with Gasteiger partial charge in [0.05, 0.1) is 12.2 Å². The van der Waals surface area contributed by atoms with E-state index in [4.69, 9.17) is 0 Å². The van der Waals surface area contributed by atoms with Gasteiger partial charge in [-0.3, -0.25) is 4.79 Å². The average Bonchev–Trinajstić information content (AvgIpc) is 2.48. The SMILES string of the molecule is CCc1csc(CNC=O)n1. The Morgan fingerprint density at radius 2 is 2.64 bits per heavy atom. The van der Waals surface area contributed by atoms with Crippen molar-refractivity contribution in [2.45, 2.75) is 19.9 Å². The highest BCUT2D eigenvalue weighted by atomic mass is 32.1. The van der Waals surface area contributed by atoms with Gasteiger partial charge >= 0.3 is 0 Å². The minimum Gasteiger partial charge on any atom is -0.352 e. The summed E-state index contributed by atoms with van der Waals surface area (Å²) in [4.78, 5) is 14.2. The number of nitrogens with zero attached hydrogens (tertiary/aromatic N) is 1. The third kappa shape index (κ3) is 2.31. The molecule has 60 valence electrons. The Balaban J connectivity index is 2.50. The molecule has 1 heterocycles. The summed E-state index contributed by atoms with van der Waals surface area (Å²) in [7, 11) is 0. The molecule has 1 N–H and O–H groups in total. The van der Waals surface area contributed by atoms with Crippen molar-refractivity contribution in [3.8, 4) is 0 Å². The zero-order valence-electron chi connectivity index (χ0n) is 6.33. The van der Waals surface area contributed by atoms with Crippen LogP contribution in [0.15, 0.2) is 5.38 Å². The fraction of sp³-hybridized carbons (Fsp3) is 0.429. The maximum absolute atomic E-state index is 9.92. The van der Waals surface area contributed by atoms with Crippen LogP contribution >= 0.6 is 11.3 Å². The lowest BCUT2D eigenvalue weighted by Gasteiger charge is -1.90. The van der Waals surface area contributed by atoms with E-state index < -0.39 is 0 Å².